The maximum Gasteiger partial charge on any atom is 0.0916 e. The average molecular weight is 128 g/mol. The Morgan fingerprint density at radius 3 is 2.38 bits per heavy atom. The van der Waals surface area contributed by atoms with Crippen LogP contribution in [0.15, 0.2) is 0 Å². The van der Waals surface area contributed by atoms with Crippen molar-refractivity contribution in [3.63, 3.8) is 0 Å². The van der Waals surface area contributed by atoms with E-state index in [1.54, 1.807) is 4.90 Å². The van der Waals surface area contributed by atoms with Crippen molar-refractivity contribution < 1.29 is 0 Å². The van der Waals surface area contributed by atoms with Gasteiger partial charge < -0.3 is 4.90 Å². The van der Waals surface area contributed by atoms with Crippen molar-refractivity contribution in [2.45, 2.75) is 6.42 Å². The largest absolute Gasteiger partial charge is 0.371 e. The predicted octanol–water partition coefficient (Wildman–Crippen LogP) is 0.789. The van der Waals surface area contributed by atoms with E-state index < -0.39 is 0 Å². The van der Waals surface area contributed by atoms with E-state index in [2.05, 4.69) is 0 Å². The van der Waals surface area contributed by atoms with Gasteiger partial charge in [0, 0.05) is 14.1 Å². The topological polar surface area (TPSA) is 27.0 Å². The number of nitrogens with zero attached hydrogens (tertiary/aromatic N) is 2. The maximum absolute atomic E-state index is 8.12. The van der Waals surface area contributed by atoms with E-state index in [0.29, 0.717) is 11.4 Å². The Morgan fingerprint density at radius 2 is 2.25 bits per heavy atom. The minimum absolute atomic E-state index is 0.350. The Morgan fingerprint density at radius 1 is 1.75 bits per heavy atom. The van der Waals surface area contributed by atoms with Gasteiger partial charge in [0.2, 0.25) is 0 Å². The molecule has 0 aromatic carbocycles. The predicted molar refractivity (Wildman–Crippen MR) is 36.5 cm³/mol. The number of thiocarbonyl (C=S) groups is 1. The summed E-state index contributed by atoms with van der Waals surface area (Å²) >= 11 is 4.78. The lowest BCUT2D eigenvalue weighted by atomic mass is 10.4. The Kier molecular flexibility index (Phi) is 3.13. The van der Waals surface area contributed by atoms with E-state index >= 15 is 0 Å². The minimum atomic E-state index is 0.350. The van der Waals surface area contributed by atoms with Crippen molar-refractivity contribution in [1.29, 1.82) is 5.26 Å². The monoisotopic (exact) mass is 128 g/mol. The molecular weight excluding hydrogens is 120 g/mol. The van der Waals surface area contributed by atoms with Gasteiger partial charge in [0.05, 0.1) is 17.5 Å². The van der Waals surface area contributed by atoms with Crippen molar-refractivity contribution >= 4 is 17.2 Å². The van der Waals surface area contributed by atoms with Gasteiger partial charge in [-0.3, -0.25) is 0 Å². The van der Waals surface area contributed by atoms with Gasteiger partial charge in [-0.1, -0.05) is 12.2 Å². The van der Waals surface area contributed by atoms with Crippen molar-refractivity contribution in [2.75, 3.05) is 14.1 Å². The van der Waals surface area contributed by atoms with E-state index in [-0.39, 0.29) is 0 Å². The average Bonchev–Trinajstić information content (AvgIpc) is 1.67. The Labute approximate surface area is 54.7 Å². The highest BCUT2D eigenvalue weighted by Gasteiger charge is 1.93. The third-order valence-electron chi connectivity index (χ3n) is 0.729. The molecule has 3 heteroatoms. The molecule has 0 saturated carbocycles. The van der Waals surface area contributed by atoms with Crippen LogP contribution in [0.2, 0.25) is 0 Å². The summed E-state index contributed by atoms with van der Waals surface area (Å²) in [5.74, 6) is 0. The van der Waals surface area contributed by atoms with Crippen molar-refractivity contribution in [2.24, 2.45) is 0 Å². The molecule has 0 aromatic rings. The zero-order chi connectivity index (χ0) is 6.57. The van der Waals surface area contributed by atoms with Crippen molar-refractivity contribution in [3.05, 3.63) is 0 Å². The van der Waals surface area contributed by atoms with Gasteiger partial charge in [0.25, 0.3) is 0 Å². The first-order chi connectivity index (χ1) is 3.68. The molecule has 8 heavy (non-hydrogen) atoms. The lowest BCUT2D eigenvalue weighted by Gasteiger charge is -2.08. The number of rotatable bonds is 1. The van der Waals surface area contributed by atoms with E-state index in [0.717, 1.165) is 0 Å². The molecule has 0 unspecified atom stereocenters. The lowest BCUT2D eigenvalue weighted by Crippen LogP contribution is -2.18. The fourth-order valence-electron chi connectivity index (χ4n) is 0.226. The lowest BCUT2D eigenvalue weighted by molar-refractivity contribution is 0.626. The zero-order valence-corrected chi connectivity index (χ0v) is 5.83. The molecule has 0 heterocycles. The van der Waals surface area contributed by atoms with Gasteiger partial charge in [0.1, 0.15) is 0 Å². The fourth-order valence-corrected chi connectivity index (χ4v) is 0.290. The van der Waals surface area contributed by atoms with Crippen LogP contribution in [0.1, 0.15) is 6.42 Å². The fraction of sp³-hybridized carbons (Fsp3) is 0.600. The molecule has 0 amide bonds. The molecule has 0 aliphatic carbocycles. The van der Waals surface area contributed by atoms with Crippen LogP contribution in [0.25, 0.3) is 0 Å². The zero-order valence-electron chi connectivity index (χ0n) is 5.01. The van der Waals surface area contributed by atoms with Gasteiger partial charge in [0.15, 0.2) is 0 Å². The van der Waals surface area contributed by atoms with Crippen molar-refractivity contribution in [1.82, 2.24) is 4.90 Å². The summed E-state index contributed by atoms with van der Waals surface area (Å²) in [4.78, 5) is 2.45. The first-order valence-electron chi connectivity index (χ1n) is 2.25. The van der Waals surface area contributed by atoms with E-state index in [1.165, 1.54) is 0 Å². The summed E-state index contributed by atoms with van der Waals surface area (Å²) in [5.41, 5.74) is 0. The molecule has 0 radical (unpaired) electrons. The second-order valence-electron chi connectivity index (χ2n) is 1.62. The molecule has 0 aliphatic heterocycles. The Hall–Kier alpha value is -0.620. The molecular formula is C5H8N2S. The highest BCUT2D eigenvalue weighted by molar-refractivity contribution is 7.80. The standard InChI is InChI=1S/C5H8N2S/c1-7(2)5(8)3-4-6/h3H2,1-2H3. The van der Waals surface area contributed by atoms with Crippen LogP contribution < -0.4 is 0 Å². The normalized spacial score (nSPS) is 7.62. The number of hydrogen-bond acceptors (Lipinski definition) is 2. The molecule has 0 aromatic heterocycles. The second kappa shape index (κ2) is 3.39. The molecule has 0 aliphatic rings. The third-order valence-corrected chi connectivity index (χ3v) is 1.24. The van der Waals surface area contributed by atoms with E-state index in [1.807, 2.05) is 20.2 Å². The summed E-state index contributed by atoms with van der Waals surface area (Å²) in [5, 5.41) is 8.12. The van der Waals surface area contributed by atoms with E-state index in [9.17, 15) is 0 Å². The second-order valence-corrected chi connectivity index (χ2v) is 2.09. The molecule has 0 bridgehead atoms. The minimum Gasteiger partial charge on any atom is -0.371 e. The van der Waals surface area contributed by atoms with Crippen LogP contribution >= 0.6 is 12.2 Å². The van der Waals surface area contributed by atoms with Crippen LogP contribution in [0.4, 0.5) is 0 Å². The number of hydrogen-bond donors (Lipinski definition) is 0. The summed E-state index contributed by atoms with van der Waals surface area (Å²) in [6, 6.07) is 1.97. The molecule has 0 fully saturated rings. The van der Waals surface area contributed by atoms with Crippen LogP contribution in [0.3, 0.4) is 0 Å². The first-order valence-corrected chi connectivity index (χ1v) is 2.66. The summed E-state index contributed by atoms with van der Waals surface area (Å²) in [6.07, 6.45) is 0.350. The quantitative estimate of drug-likeness (QED) is 0.488. The van der Waals surface area contributed by atoms with Crippen LogP contribution in [-0.4, -0.2) is 24.0 Å². The Bertz CT molecular complexity index is 123. The van der Waals surface area contributed by atoms with Crippen LogP contribution in [0.5, 0.6) is 0 Å². The SMILES string of the molecule is CN(C)C(=S)CC#N. The molecule has 44 valence electrons. The van der Waals surface area contributed by atoms with E-state index in [4.69, 9.17) is 17.5 Å². The summed E-state index contributed by atoms with van der Waals surface area (Å²) in [7, 11) is 3.67. The summed E-state index contributed by atoms with van der Waals surface area (Å²) < 4.78 is 0. The van der Waals surface area contributed by atoms with Gasteiger partial charge >= 0.3 is 0 Å². The number of nitriles is 1. The van der Waals surface area contributed by atoms with Gasteiger partial charge in [-0.05, 0) is 0 Å². The van der Waals surface area contributed by atoms with Gasteiger partial charge in [-0.2, -0.15) is 5.26 Å². The van der Waals surface area contributed by atoms with Crippen LogP contribution in [0, 0.1) is 11.3 Å². The molecule has 0 rings (SSSR count). The molecule has 2 nitrogen and oxygen atoms in total. The van der Waals surface area contributed by atoms with Gasteiger partial charge in [-0.15, -0.1) is 0 Å². The smallest absolute Gasteiger partial charge is 0.0916 e. The molecule has 0 atom stereocenters. The molecule has 0 saturated heterocycles. The Balaban J connectivity index is 3.53. The molecule has 0 spiro atoms. The van der Waals surface area contributed by atoms with Gasteiger partial charge in [-0.25, -0.2) is 0 Å². The summed E-state index contributed by atoms with van der Waals surface area (Å²) in [6.45, 7) is 0. The molecule has 0 N–H and O–H groups in total. The highest BCUT2D eigenvalue weighted by atomic mass is 32.1. The van der Waals surface area contributed by atoms with Crippen LogP contribution in [-0.2, 0) is 0 Å². The maximum atomic E-state index is 8.12. The van der Waals surface area contributed by atoms with Crippen molar-refractivity contribution in [3.8, 4) is 6.07 Å². The highest BCUT2D eigenvalue weighted by Crippen LogP contribution is 1.86. The first kappa shape index (κ1) is 7.38. The third kappa shape index (κ3) is 2.54.